The Labute approximate surface area is 60.6 Å². The molecule has 0 fully saturated rings. The first-order chi connectivity index (χ1) is 4.68. The van der Waals surface area contributed by atoms with E-state index in [-0.39, 0.29) is 5.91 Å². The fourth-order valence-electron chi connectivity index (χ4n) is 0.563. The molecule has 0 atom stereocenters. The van der Waals surface area contributed by atoms with Crippen molar-refractivity contribution in [1.29, 1.82) is 0 Å². The van der Waals surface area contributed by atoms with Crippen molar-refractivity contribution in [3.05, 3.63) is 0 Å². The van der Waals surface area contributed by atoms with Gasteiger partial charge >= 0.3 is 0 Å². The quantitative estimate of drug-likeness (QED) is 0.332. The predicted octanol–water partition coefficient (Wildman–Crippen LogP) is -0.0370. The molecule has 3 N–H and O–H groups in total. The molecule has 0 saturated carbocycles. The lowest BCUT2D eigenvalue weighted by Gasteiger charge is -2.10. The smallest absolute Gasteiger partial charge is 0.242 e. The highest BCUT2D eigenvalue weighted by molar-refractivity contribution is 5.71. The molecule has 10 heavy (non-hydrogen) atoms. The van der Waals surface area contributed by atoms with Gasteiger partial charge in [0.05, 0.1) is 0 Å². The van der Waals surface area contributed by atoms with Gasteiger partial charge in [0.15, 0.2) is 0 Å². The highest BCUT2D eigenvalue weighted by Gasteiger charge is 2.01. The van der Waals surface area contributed by atoms with E-state index in [0.717, 1.165) is 12.8 Å². The molecular weight excluding hydrogens is 132 g/mol. The summed E-state index contributed by atoms with van der Waals surface area (Å²) in [7, 11) is 0. The van der Waals surface area contributed by atoms with E-state index < -0.39 is 0 Å². The van der Waals surface area contributed by atoms with Crippen LogP contribution in [0, 0.1) is 0 Å². The van der Waals surface area contributed by atoms with Crippen molar-refractivity contribution in [3.63, 3.8) is 0 Å². The van der Waals surface area contributed by atoms with Gasteiger partial charge in [0.1, 0.15) is 0 Å². The van der Waals surface area contributed by atoms with E-state index in [9.17, 15) is 4.79 Å². The second-order valence-corrected chi connectivity index (χ2v) is 2.14. The van der Waals surface area contributed by atoms with Gasteiger partial charge in [-0.05, 0) is 19.4 Å². The van der Waals surface area contributed by atoms with E-state index in [2.05, 4.69) is 0 Å². The Morgan fingerprint density at radius 3 is 2.60 bits per heavy atom. The lowest BCUT2D eigenvalue weighted by atomic mass is 10.3. The van der Waals surface area contributed by atoms with Crippen molar-refractivity contribution >= 4 is 5.91 Å². The Morgan fingerprint density at radius 2 is 2.20 bits per heavy atom. The molecule has 0 heterocycles. The van der Waals surface area contributed by atoms with Crippen molar-refractivity contribution in [1.82, 2.24) is 5.06 Å². The van der Waals surface area contributed by atoms with E-state index in [1.165, 1.54) is 6.92 Å². The third kappa shape index (κ3) is 4.29. The second-order valence-electron chi connectivity index (χ2n) is 2.14. The SMILES string of the molecule is CC(=O)N(O)CCCCN. The highest BCUT2D eigenvalue weighted by atomic mass is 16.5. The number of hydrogen-bond donors (Lipinski definition) is 2. The lowest BCUT2D eigenvalue weighted by Crippen LogP contribution is -2.25. The van der Waals surface area contributed by atoms with Crippen LogP contribution in [-0.4, -0.2) is 29.3 Å². The number of carbonyl (C=O) groups is 1. The van der Waals surface area contributed by atoms with Crippen LogP contribution >= 0.6 is 0 Å². The maximum absolute atomic E-state index is 10.4. The van der Waals surface area contributed by atoms with Gasteiger partial charge in [-0.15, -0.1) is 0 Å². The van der Waals surface area contributed by atoms with Gasteiger partial charge in [-0.3, -0.25) is 10.0 Å². The van der Waals surface area contributed by atoms with Gasteiger partial charge < -0.3 is 5.73 Å². The molecule has 4 nitrogen and oxygen atoms in total. The number of rotatable bonds is 4. The highest BCUT2D eigenvalue weighted by Crippen LogP contribution is 1.90. The molecule has 0 aliphatic heterocycles. The summed E-state index contributed by atoms with van der Waals surface area (Å²) in [6.07, 6.45) is 1.59. The number of hydrogen-bond acceptors (Lipinski definition) is 3. The lowest BCUT2D eigenvalue weighted by molar-refractivity contribution is -0.162. The van der Waals surface area contributed by atoms with Crippen LogP contribution in [0.5, 0.6) is 0 Å². The zero-order valence-electron chi connectivity index (χ0n) is 6.21. The third-order valence-electron chi connectivity index (χ3n) is 1.19. The monoisotopic (exact) mass is 146 g/mol. The minimum atomic E-state index is -0.322. The molecule has 0 aliphatic rings. The number of nitrogens with zero attached hydrogens (tertiary/aromatic N) is 1. The molecule has 0 aliphatic carbocycles. The van der Waals surface area contributed by atoms with Crippen LogP contribution < -0.4 is 5.73 Å². The summed E-state index contributed by atoms with van der Waals surface area (Å²) < 4.78 is 0. The van der Waals surface area contributed by atoms with Crippen molar-refractivity contribution in [3.8, 4) is 0 Å². The number of unbranched alkanes of at least 4 members (excludes halogenated alkanes) is 1. The third-order valence-corrected chi connectivity index (χ3v) is 1.19. The molecule has 0 aromatic heterocycles. The van der Waals surface area contributed by atoms with Gasteiger partial charge in [-0.2, -0.15) is 0 Å². The topological polar surface area (TPSA) is 66.6 Å². The molecular formula is C6H14N2O2. The first kappa shape index (κ1) is 9.39. The average molecular weight is 146 g/mol. The molecule has 0 unspecified atom stereocenters. The van der Waals surface area contributed by atoms with Crippen LogP contribution in [0.2, 0.25) is 0 Å². The first-order valence-electron chi connectivity index (χ1n) is 3.35. The fourth-order valence-corrected chi connectivity index (χ4v) is 0.563. The van der Waals surface area contributed by atoms with Crippen LogP contribution in [0.3, 0.4) is 0 Å². The maximum atomic E-state index is 10.4. The summed E-state index contributed by atoms with van der Waals surface area (Å²) in [6, 6.07) is 0. The average Bonchev–Trinajstić information content (AvgIpc) is 1.88. The number of carbonyl (C=O) groups excluding carboxylic acids is 1. The molecule has 0 radical (unpaired) electrons. The second kappa shape index (κ2) is 5.20. The first-order valence-corrected chi connectivity index (χ1v) is 3.35. The molecule has 0 aromatic carbocycles. The Bertz CT molecular complexity index is 106. The van der Waals surface area contributed by atoms with E-state index in [4.69, 9.17) is 10.9 Å². The number of hydroxylamine groups is 2. The van der Waals surface area contributed by atoms with E-state index in [1.807, 2.05) is 0 Å². The van der Waals surface area contributed by atoms with Gasteiger partial charge in [-0.1, -0.05) is 0 Å². The molecule has 0 spiro atoms. The van der Waals surface area contributed by atoms with Crippen LogP contribution in [0.1, 0.15) is 19.8 Å². The predicted molar refractivity (Wildman–Crippen MR) is 37.5 cm³/mol. The van der Waals surface area contributed by atoms with Crippen molar-refractivity contribution in [2.24, 2.45) is 5.73 Å². The summed E-state index contributed by atoms with van der Waals surface area (Å²) >= 11 is 0. The van der Waals surface area contributed by atoms with E-state index >= 15 is 0 Å². The van der Waals surface area contributed by atoms with Crippen LogP contribution in [0.25, 0.3) is 0 Å². The van der Waals surface area contributed by atoms with Gasteiger partial charge in [-0.25, -0.2) is 5.06 Å². The van der Waals surface area contributed by atoms with Gasteiger partial charge in [0, 0.05) is 13.5 Å². The molecule has 0 rings (SSSR count). The molecule has 0 saturated heterocycles. The van der Waals surface area contributed by atoms with Gasteiger partial charge in [0.25, 0.3) is 0 Å². The minimum Gasteiger partial charge on any atom is -0.330 e. The zero-order chi connectivity index (χ0) is 7.98. The maximum Gasteiger partial charge on any atom is 0.242 e. The molecule has 4 heteroatoms. The van der Waals surface area contributed by atoms with Crippen LogP contribution in [0.4, 0.5) is 0 Å². The van der Waals surface area contributed by atoms with Crippen LogP contribution in [0.15, 0.2) is 0 Å². The van der Waals surface area contributed by atoms with Gasteiger partial charge in [0.2, 0.25) is 5.91 Å². The Balaban J connectivity index is 3.21. The summed E-state index contributed by atoms with van der Waals surface area (Å²) in [4.78, 5) is 10.4. The molecule has 0 aromatic rings. The van der Waals surface area contributed by atoms with Crippen molar-refractivity contribution in [2.75, 3.05) is 13.1 Å². The summed E-state index contributed by atoms with van der Waals surface area (Å²) in [5.41, 5.74) is 5.21. The largest absolute Gasteiger partial charge is 0.330 e. The molecule has 0 bridgehead atoms. The number of nitrogens with two attached hydrogens (primary N) is 1. The van der Waals surface area contributed by atoms with E-state index in [0.29, 0.717) is 18.2 Å². The normalized spacial score (nSPS) is 9.50. The van der Waals surface area contributed by atoms with Crippen LogP contribution in [-0.2, 0) is 4.79 Å². The Hall–Kier alpha value is -0.610. The standard InChI is InChI=1S/C6H14N2O2/c1-6(9)8(10)5-3-2-4-7/h10H,2-5,7H2,1H3. The summed E-state index contributed by atoms with van der Waals surface area (Å²) in [5, 5.41) is 9.50. The summed E-state index contributed by atoms with van der Waals surface area (Å²) in [6.45, 7) is 2.31. The number of amides is 1. The van der Waals surface area contributed by atoms with E-state index in [1.54, 1.807) is 0 Å². The summed E-state index contributed by atoms with van der Waals surface area (Å²) in [5.74, 6) is -0.322. The molecule has 60 valence electrons. The van der Waals surface area contributed by atoms with Crippen molar-refractivity contribution in [2.45, 2.75) is 19.8 Å². The minimum absolute atomic E-state index is 0.322. The van der Waals surface area contributed by atoms with Crippen molar-refractivity contribution < 1.29 is 10.0 Å². The zero-order valence-corrected chi connectivity index (χ0v) is 6.21. The molecule has 1 amide bonds. The Morgan fingerprint density at radius 1 is 1.60 bits per heavy atom. The fraction of sp³-hybridized carbons (Fsp3) is 0.833. The Kier molecular flexibility index (Phi) is 4.88.